The number of rotatable bonds is 2. The summed E-state index contributed by atoms with van der Waals surface area (Å²) in [4.78, 5) is 14.8. The maximum atomic E-state index is 13.4. The van der Waals surface area contributed by atoms with E-state index in [1.54, 1.807) is 0 Å². The van der Waals surface area contributed by atoms with Crippen LogP contribution in [0.3, 0.4) is 0 Å². The van der Waals surface area contributed by atoms with Gasteiger partial charge in [0.25, 0.3) is 0 Å². The number of hydrogen-bond donors (Lipinski definition) is 0. The number of carbonyl (C=O) groups is 1. The zero-order chi connectivity index (χ0) is 11.5. The number of methoxy groups -OCH3 is 1. The lowest BCUT2D eigenvalue weighted by Crippen LogP contribution is -2.02. The highest BCUT2D eigenvalue weighted by Gasteiger charge is 2.20. The first-order chi connectivity index (χ1) is 7.74. The normalized spacial score (nSPS) is 10.1. The molecule has 5 nitrogen and oxygen atoms in total. The Morgan fingerprint density at radius 2 is 2.38 bits per heavy atom. The van der Waals surface area contributed by atoms with Gasteiger partial charge >= 0.3 is 5.97 Å². The Morgan fingerprint density at radius 1 is 1.56 bits per heavy atom. The van der Waals surface area contributed by atoms with Crippen molar-refractivity contribution in [2.24, 2.45) is 0 Å². The topological polar surface area (TPSA) is 65.2 Å². The Balaban J connectivity index is 2.53. The van der Waals surface area contributed by atoms with Gasteiger partial charge in [-0.25, -0.2) is 9.78 Å². The van der Waals surface area contributed by atoms with E-state index in [1.807, 2.05) is 0 Å². The summed E-state index contributed by atoms with van der Waals surface area (Å²) in [6.45, 7) is 0. The molecule has 0 unspecified atom stereocenters. The monoisotopic (exact) mass is 222 g/mol. The van der Waals surface area contributed by atoms with E-state index in [0.717, 1.165) is 6.26 Å². The van der Waals surface area contributed by atoms with Crippen LogP contribution in [0.25, 0.3) is 11.3 Å². The van der Waals surface area contributed by atoms with E-state index in [4.69, 9.17) is 0 Å². The van der Waals surface area contributed by atoms with Gasteiger partial charge in [-0.1, -0.05) is 5.16 Å². The number of halogens is 1. The number of hydrogen-bond acceptors (Lipinski definition) is 5. The molecule has 0 amide bonds. The number of carbonyl (C=O) groups excluding carboxylic acids is 1. The molecule has 0 radical (unpaired) electrons. The summed E-state index contributed by atoms with van der Waals surface area (Å²) in [7, 11) is 1.22. The van der Waals surface area contributed by atoms with Gasteiger partial charge in [-0.3, -0.25) is 0 Å². The van der Waals surface area contributed by atoms with Crippen molar-refractivity contribution in [2.45, 2.75) is 0 Å². The van der Waals surface area contributed by atoms with E-state index >= 15 is 0 Å². The zero-order valence-electron chi connectivity index (χ0n) is 8.31. The molecule has 16 heavy (non-hydrogen) atoms. The lowest BCUT2D eigenvalue weighted by molar-refractivity contribution is 0.0600. The van der Waals surface area contributed by atoms with E-state index in [-0.39, 0.29) is 16.8 Å². The third-order valence-electron chi connectivity index (χ3n) is 1.99. The van der Waals surface area contributed by atoms with Crippen LogP contribution in [0.1, 0.15) is 10.4 Å². The Hall–Kier alpha value is -2.24. The van der Waals surface area contributed by atoms with Crippen LogP contribution in [-0.2, 0) is 4.74 Å². The Bertz CT molecular complexity index is 524. The fraction of sp³-hybridized carbons (Fsp3) is 0.100. The van der Waals surface area contributed by atoms with Gasteiger partial charge in [-0.05, 0) is 12.1 Å². The number of aromatic nitrogens is 2. The van der Waals surface area contributed by atoms with Gasteiger partial charge in [0.1, 0.15) is 17.5 Å². The van der Waals surface area contributed by atoms with Crippen molar-refractivity contribution in [1.82, 2.24) is 10.1 Å². The van der Waals surface area contributed by atoms with E-state index in [2.05, 4.69) is 19.4 Å². The molecular formula is C10H7FN2O3. The molecule has 0 spiro atoms. The highest BCUT2D eigenvalue weighted by atomic mass is 19.1. The number of nitrogens with zero attached hydrogens (tertiary/aromatic N) is 2. The molecule has 0 N–H and O–H groups in total. The lowest BCUT2D eigenvalue weighted by Gasteiger charge is -1.99. The van der Waals surface area contributed by atoms with Gasteiger partial charge in [-0.15, -0.1) is 0 Å². The summed E-state index contributed by atoms with van der Waals surface area (Å²) in [5.41, 5.74) is 0.239. The third-order valence-corrected chi connectivity index (χ3v) is 1.99. The highest BCUT2D eigenvalue weighted by molar-refractivity contribution is 5.95. The molecule has 2 aromatic heterocycles. The molecule has 0 aliphatic rings. The van der Waals surface area contributed by atoms with Crippen LogP contribution in [-0.4, -0.2) is 23.2 Å². The summed E-state index contributed by atoms with van der Waals surface area (Å²) < 4.78 is 22.5. The van der Waals surface area contributed by atoms with Crippen molar-refractivity contribution < 1.29 is 18.4 Å². The van der Waals surface area contributed by atoms with E-state index in [9.17, 15) is 9.18 Å². The Labute approximate surface area is 89.8 Å². The smallest absolute Gasteiger partial charge is 0.343 e. The first kappa shape index (κ1) is 10.3. The standard InChI is InChI=1S/C10H7FN2O3/c1-15-10(14)7-5-16-13-8(7)6-3-2-4-12-9(6)11/h2-5H,1H3. The second kappa shape index (κ2) is 4.09. The van der Waals surface area contributed by atoms with Crippen molar-refractivity contribution >= 4 is 5.97 Å². The fourth-order valence-corrected chi connectivity index (χ4v) is 1.25. The zero-order valence-corrected chi connectivity index (χ0v) is 8.31. The minimum Gasteiger partial charge on any atom is -0.465 e. The maximum absolute atomic E-state index is 13.4. The summed E-state index contributed by atoms with van der Waals surface area (Å²) in [5, 5.41) is 3.56. The summed E-state index contributed by atoms with van der Waals surface area (Å²) in [6, 6.07) is 2.99. The van der Waals surface area contributed by atoms with Gasteiger partial charge in [-0.2, -0.15) is 4.39 Å². The van der Waals surface area contributed by atoms with Gasteiger partial charge in [0.2, 0.25) is 5.95 Å². The molecule has 0 saturated heterocycles. The molecule has 0 aliphatic carbocycles. The minimum atomic E-state index is -0.721. The van der Waals surface area contributed by atoms with Crippen molar-refractivity contribution in [1.29, 1.82) is 0 Å². The largest absolute Gasteiger partial charge is 0.465 e. The molecule has 0 aliphatic heterocycles. The van der Waals surface area contributed by atoms with Crippen molar-refractivity contribution in [3.8, 4) is 11.3 Å². The highest BCUT2D eigenvalue weighted by Crippen LogP contribution is 2.23. The minimum absolute atomic E-state index is 0.0643. The molecule has 6 heteroatoms. The summed E-state index contributed by atoms with van der Waals surface area (Å²) >= 11 is 0. The molecule has 2 heterocycles. The SMILES string of the molecule is COC(=O)c1conc1-c1cccnc1F. The predicted octanol–water partition coefficient (Wildman–Crippen LogP) is 1.66. The molecule has 0 fully saturated rings. The molecule has 82 valence electrons. The van der Waals surface area contributed by atoms with Crippen LogP contribution in [0.5, 0.6) is 0 Å². The van der Waals surface area contributed by atoms with E-state index < -0.39 is 11.9 Å². The average molecular weight is 222 g/mol. The van der Waals surface area contributed by atoms with E-state index in [1.165, 1.54) is 25.4 Å². The van der Waals surface area contributed by atoms with Gasteiger partial charge in [0.05, 0.1) is 12.7 Å². The van der Waals surface area contributed by atoms with Crippen molar-refractivity contribution in [2.75, 3.05) is 7.11 Å². The van der Waals surface area contributed by atoms with Crippen LogP contribution in [0.4, 0.5) is 4.39 Å². The number of pyridine rings is 1. The van der Waals surface area contributed by atoms with Gasteiger partial charge < -0.3 is 9.26 Å². The lowest BCUT2D eigenvalue weighted by atomic mass is 10.1. The molecule has 2 aromatic rings. The van der Waals surface area contributed by atoms with Crippen molar-refractivity contribution in [3.63, 3.8) is 0 Å². The first-order valence-electron chi connectivity index (χ1n) is 4.37. The Kier molecular flexibility index (Phi) is 2.63. The molecule has 0 saturated carbocycles. The number of ether oxygens (including phenoxy) is 1. The molecule has 0 aromatic carbocycles. The van der Waals surface area contributed by atoms with Crippen LogP contribution in [0.15, 0.2) is 29.1 Å². The van der Waals surface area contributed by atoms with Gasteiger partial charge in [0, 0.05) is 6.20 Å². The van der Waals surface area contributed by atoms with E-state index in [0.29, 0.717) is 0 Å². The summed E-state index contributed by atoms with van der Waals surface area (Å²) in [5.74, 6) is -1.36. The second-order valence-electron chi connectivity index (χ2n) is 2.91. The molecule has 0 atom stereocenters. The molecule has 0 bridgehead atoms. The quantitative estimate of drug-likeness (QED) is 0.571. The van der Waals surface area contributed by atoms with Crippen LogP contribution in [0.2, 0.25) is 0 Å². The first-order valence-corrected chi connectivity index (χ1v) is 4.37. The Morgan fingerprint density at radius 3 is 3.06 bits per heavy atom. The fourth-order valence-electron chi connectivity index (χ4n) is 1.25. The molecule has 2 rings (SSSR count). The third kappa shape index (κ3) is 1.65. The second-order valence-corrected chi connectivity index (χ2v) is 2.91. The van der Waals surface area contributed by atoms with Crippen LogP contribution >= 0.6 is 0 Å². The van der Waals surface area contributed by atoms with Gasteiger partial charge in [0.15, 0.2) is 0 Å². The number of esters is 1. The maximum Gasteiger partial charge on any atom is 0.343 e. The summed E-state index contributed by atoms with van der Waals surface area (Å²) in [6.07, 6.45) is 2.41. The van der Waals surface area contributed by atoms with Crippen LogP contribution in [0, 0.1) is 5.95 Å². The molecular weight excluding hydrogens is 215 g/mol. The predicted molar refractivity (Wildman–Crippen MR) is 51.0 cm³/mol. The average Bonchev–Trinajstić information content (AvgIpc) is 2.77. The van der Waals surface area contributed by atoms with Crippen LogP contribution < -0.4 is 0 Å². The van der Waals surface area contributed by atoms with Crippen molar-refractivity contribution in [3.05, 3.63) is 36.1 Å².